The molecule has 3 nitrogen and oxygen atoms in total. The zero-order valence-corrected chi connectivity index (χ0v) is 15.7. The lowest BCUT2D eigenvalue weighted by Crippen LogP contribution is -2.20. The Labute approximate surface area is 163 Å². The van der Waals surface area contributed by atoms with Crippen molar-refractivity contribution in [3.8, 4) is 0 Å². The fourth-order valence-electron chi connectivity index (χ4n) is 3.96. The Kier molecular flexibility index (Phi) is 4.19. The van der Waals surface area contributed by atoms with E-state index in [0.29, 0.717) is 0 Å². The van der Waals surface area contributed by atoms with E-state index in [4.69, 9.17) is 16.6 Å². The van der Waals surface area contributed by atoms with Crippen molar-refractivity contribution in [3.05, 3.63) is 83.2 Å². The third-order valence-electron chi connectivity index (χ3n) is 5.22. The van der Waals surface area contributed by atoms with Crippen LogP contribution in [0.1, 0.15) is 17.7 Å². The lowest BCUT2D eigenvalue weighted by Gasteiger charge is -2.16. The highest BCUT2D eigenvalue weighted by Gasteiger charge is 2.16. The Balaban J connectivity index is 1.73. The molecule has 0 atom stereocenters. The first-order chi connectivity index (χ1) is 13.3. The lowest BCUT2D eigenvalue weighted by molar-refractivity contribution is 0.737. The average Bonchev–Trinajstić information content (AvgIpc) is 3.12. The second-order valence-electron chi connectivity index (χ2n) is 7.00. The number of para-hydroxylation sites is 1. The molecule has 134 valence electrons. The van der Waals surface area contributed by atoms with Gasteiger partial charge < -0.3 is 9.88 Å². The smallest absolute Gasteiger partial charge is 0.0760 e. The number of rotatable bonds is 3. The van der Waals surface area contributed by atoms with E-state index >= 15 is 0 Å². The van der Waals surface area contributed by atoms with Crippen LogP contribution in [0.4, 0.5) is 0 Å². The van der Waals surface area contributed by atoms with Crippen molar-refractivity contribution >= 4 is 39.0 Å². The summed E-state index contributed by atoms with van der Waals surface area (Å²) in [5, 5.41) is 6.58. The van der Waals surface area contributed by atoms with E-state index < -0.39 is 0 Å². The number of fused-ring (bicyclic) bond motifs is 3. The SMILES string of the molecule is Clc1cccc(Cn2ccc3c(C4=CCNCC4)nc4ccccc4c32)c1. The van der Waals surface area contributed by atoms with Crippen LogP contribution in [0.5, 0.6) is 0 Å². The summed E-state index contributed by atoms with van der Waals surface area (Å²) in [5.74, 6) is 0. The van der Waals surface area contributed by atoms with E-state index in [-0.39, 0.29) is 0 Å². The summed E-state index contributed by atoms with van der Waals surface area (Å²) in [6.07, 6.45) is 5.46. The zero-order chi connectivity index (χ0) is 18.2. The third kappa shape index (κ3) is 3.03. The van der Waals surface area contributed by atoms with E-state index in [9.17, 15) is 0 Å². The van der Waals surface area contributed by atoms with Crippen LogP contribution in [-0.4, -0.2) is 22.6 Å². The van der Waals surface area contributed by atoms with Gasteiger partial charge in [0.25, 0.3) is 0 Å². The summed E-state index contributed by atoms with van der Waals surface area (Å²) < 4.78 is 2.32. The lowest BCUT2D eigenvalue weighted by atomic mass is 10.0. The molecule has 1 N–H and O–H groups in total. The van der Waals surface area contributed by atoms with Crippen molar-refractivity contribution in [3.63, 3.8) is 0 Å². The molecule has 0 amide bonds. The minimum atomic E-state index is 0.774. The average molecular weight is 374 g/mol. The first-order valence-corrected chi connectivity index (χ1v) is 9.69. The van der Waals surface area contributed by atoms with Gasteiger partial charge in [0.2, 0.25) is 0 Å². The van der Waals surface area contributed by atoms with E-state index in [1.165, 1.54) is 27.4 Å². The van der Waals surface area contributed by atoms with Gasteiger partial charge in [-0.2, -0.15) is 0 Å². The van der Waals surface area contributed by atoms with Gasteiger partial charge in [-0.15, -0.1) is 0 Å². The topological polar surface area (TPSA) is 29.9 Å². The van der Waals surface area contributed by atoms with Gasteiger partial charge in [-0.05, 0) is 48.4 Å². The summed E-state index contributed by atoms with van der Waals surface area (Å²) in [7, 11) is 0. The van der Waals surface area contributed by atoms with Crippen molar-refractivity contribution in [2.45, 2.75) is 13.0 Å². The van der Waals surface area contributed by atoms with Gasteiger partial charge in [0.15, 0.2) is 0 Å². The monoisotopic (exact) mass is 373 g/mol. The number of benzene rings is 2. The molecule has 0 radical (unpaired) electrons. The fraction of sp³-hybridized carbons (Fsp3) is 0.174. The van der Waals surface area contributed by atoms with E-state index in [0.717, 1.165) is 42.3 Å². The van der Waals surface area contributed by atoms with Crippen LogP contribution < -0.4 is 5.32 Å². The molecule has 4 aromatic rings. The van der Waals surface area contributed by atoms with Crippen LogP contribution in [0.2, 0.25) is 5.02 Å². The van der Waals surface area contributed by atoms with Crippen LogP contribution in [0, 0.1) is 0 Å². The second kappa shape index (κ2) is 6.84. The zero-order valence-electron chi connectivity index (χ0n) is 15.0. The molecular weight excluding hydrogens is 354 g/mol. The Hall–Kier alpha value is -2.62. The van der Waals surface area contributed by atoms with Gasteiger partial charge in [0.1, 0.15) is 0 Å². The summed E-state index contributed by atoms with van der Waals surface area (Å²) >= 11 is 6.19. The molecule has 0 fully saturated rings. The number of hydrogen-bond donors (Lipinski definition) is 1. The Bertz CT molecular complexity index is 1170. The second-order valence-corrected chi connectivity index (χ2v) is 7.43. The molecule has 0 unspecified atom stereocenters. The normalized spacial score (nSPS) is 14.6. The number of pyridine rings is 1. The van der Waals surface area contributed by atoms with Crippen LogP contribution in [-0.2, 0) is 6.54 Å². The van der Waals surface area contributed by atoms with Gasteiger partial charge in [-0.1, -0.05) is 48.0 Å². The molecule has 1 aliphatic rings. The van der Waals surface area contributed by atoms with Gasteiger partial charge in [-0.3, -0.25) is 0 Å². The molecule has 27 heavy (non-hydrogen) atoms. The van der Waals surface area contributed by atoms with Gasteiger partial charge >= 0.3 is 0 Å². The number of halogens is 1. The summed E-state index contributed by atoms with van der Waals surface area (Å²) in [4.78, 5) is 5.03. The highest BCUT2D eigenvalue weighted by molar-refractivity contribution is 6.30. The number of hydrogen-bond acceptors (Lipinski definition) is 2. The number of nitrogens with one attached hydrogen (secondary N) is 1. The van der Waals surface area contributed by atoms with Gasteiger partial charge in [0, 0.05) is 35.1 Å². The first-order valence-electron chi connectivity index (χ1n) is 9.32. The van der Waals surface area contributed by atoms with Crippen LogP contribution in [0.3, 0.4) is 0 Å². The molecule has 5 rings (SSSR count). The van der Waals surface area contributed by atoms with Crippen molar-refractivity contribution in [2.24, 2.45) is 0 Å². The number of nitrogens with zero attached hydrogens (tertiary/aromatic N) is 2. The molecule has 0 spiro atoms. The van der Waals surface area contributed by atoms with Crippen LogP contribution in [0.15, 0.2) is 66.9 Å². The molecule has 0 saturated carbocycles. The molecule has 0 bridgehead atoms. The van der Waals surface area contributed by atoms with E-state index in [2.05, 4.69) is 58.6 Å². The molecule has 2 aromatic carbocycles. The third-order valence-corrected chi connectivity index (χ3v) is 5.46. The predicted octanol–water partition coefficient (Wildman–Crippen LogP) is 5.27. The van der Waals surface area contributed by atoms with Crippen molar-refractivity contribution in [1.29, 1.82) is 0 Å². The van der Waals surface area contributed by atoms with Crippen molar-refractivity contribution in [1.82, 2.24) is 14.9 Å². The highest BCUT2D eigenvalue weighted by atomic mass is 35.5. The molecule has 1 aliphatic heterocycles. The molecular formula is C23H20ClN3. The quantitative estimate of drug-likeness (QED) is 0.530. The fourth-order valence-corrected chi connectivity index (χ4v) is 4.17. The van der Waals surface area contributed by atoms with Gasteiger partial charge in [-0.25, -0.2) is 4.98 Å². The van der Waals surface area contributed by atoms with E-state index in [1.807, 2.05) is 18.2 Å². The summed E-state index contributed by atoms with van der Waals surface area (Å²) in [6.45, 7) is 2.71. The minimum absolute atomic E-state index is 0.774. The minimum Gasteiger partial charge on any atom is -0.342 e. The standard InChI is InChI=1S/C23H20ClN3/c24-18-5-3-4-16(14-18)15-27-13-10-20-22(17-8-11-25-12-9-17)26-21-7-2-1-6-19(21)23(20)27/h1-8,10,13-14,25H,9,11-12,15H2. The Morgan fingerprint density at radius 3 is 2.81 bits per heavy atom. The number of aromatic nitrogens is 2. The maximum atomic E-state index is 6.19. The highest BCUT2D eigenvalue weighted by Crippen LogP contribution is 2.33. The summed E-state index contributed by atoms with van der Waals surface area (Å²) in [5.41, 5.74) is 5.95. The predicted molar refractivity (Wildman–Crippen MR) is 113 cm³/mol. The Morgan fingerprint density at radius 2 is 1.96 bits per heavy atom. The maximum absolute atomic E-state index is 6.19. The van der Waals surface area contributed by atoms with Crippen LogP contribution in [0.25, 0.3) is 27.4 Å². The molecule has 4 heteroatoms. The maximum Gasteiger partial charge on any atom is 0.0760 e. The Morgan fingerprint density at radius 1 is 1.04 bits per heavy atom. The first kappa shape index (κ1) is 16.5. The van der Waals surface area contributed by atoms with Crippen LogP contribution >= 0.6 is 11.6 Å². The van der Waals surface area contributed by atoms with E-state index in [1.54, 1.807) is 0 Å². The van der Waals surface area contributed by atoms with Crippen molar-refractivity contribution in [2.75, 3.05) is 13.1 Å². The molecule has 2 aromatic heterocycles. The largest absolute Gasteiger partial charge is 0.342 e. The molecule has 0 aliphatic carbocycles. The molecule has 0 saturated heterocycles. The molecule has 3 heterocycles. The van der Waals surface area contributed by atoms with Crippen molar-refractivity contribution < 1.29 is 0 Å². The summed E-state index contributed by atoms with van der Waals surface area (Å²) in [6, 6.07) is 18.7. The van der Waals surface area contributed by atoms with Gasteiger partial charge in [0.05, 0.1) is 16.7 Å².